The summed E-state index contributed by atoms with van der Waals surface area (Å²) in [7, 11) is 0. The number of hydrogen-bond donors (Lipinski definition) is 0. The van der Waals surface area contributed by atoms with Crippen LogP contribution in [0.3, 0.4) is 0 Å². The predicted molar refractivity (Wildman–Crippen MR) is 83.5 cm³/mol. The molecule has 2 rings (SSSR count). The highest BCUT2D eigenvalue weighted by Crippen LogP contribution is 2.32. The highest BCUT2D eigenvalue weighted by Gasteiger charge is 2.28. The first kappa shape index (κ1) is 15.3. The second-order valence-corrected chi connectivity index (χ2v) is 7.47. The van der Waals surface area contributed by atoms with Crippen LogP contribution in [0.15, 0.2) is 0 Å². The van der Waals surface area contributed by atoms with Crippen LogP contribution >= 0.6 is 0 Å². The van der Waals surface area contributed by atoms with Gasteiger partial charge in [-0.2, -0.15) is 0 Å². The van der Waals surface area contributed by atoms with E-state index < -0.39 is 0 Å². The Hall–Kier alpha value is -0.0800. The Morgan fingerprint density at radius 3 is 1.89 bits per heavy atom. The lowest BCUT2D eigenvalue weighted by molar-refractivity contribution is 0.0558. The number of piperazine rings is 1. The first-order valence-corrected chi connectivity index (χ1v) is 8.54. The van der Waals surface area contributed by atoms with Crippen molar-refractivity contribution in [1.29, 1.82) is 0 Å². The van der Waals surface area contributed by atoms with Gasteiger partial charge in [-0.15, -0.1) is 0 Å². The zero-order valence-electron chi connectivity index (χ0n) is 13.6. The van der Waals surface area contributed by atoms with E-state index in [4.69, 9.17) is 0 Å². The predicted octanol–water partition coefficient (Wildman–Crippen LogP) is 3.62. The van der Waals surface area contributed by atoms with E-state index in [1.807, 2.05) is 0 Å². The molecule has 19 heavy (non-hydrogen) atoms. The molecule has 0 aromatic rings. The molecule has 1 aliphatic heterocycles. The molecule has 0 unspecified atom stereocenters. The van der Waals surface area contributed by atoms with Crippen LogP contribution in [0.4, 0.5) is 0 Å². The van der Waals surface area contributed by atoms with E-state index in [-0.39, 0.29) is 0 Å². The van der Waals surface area contributed by atoms with Gasteiger partial charge in [-0.3, -0.25) is 9.80 Å². The Labute approximate surface area is 120 Å². The van der Waals surface area contributed by atoms with Crippen molar-refractivity contribution in [2.75, 3.05) is 26.2 Å². The lowest BCUT2D eigenvalue weighted by Crippen LogP contribution is -2.52. The maximum Gasteiger partial charge on any atom is 0.0113 e. The summed E-state index contributed by atoms with van der Waals surface area (Å²) in [5, 5.41) is 0. The molecule has 0 aromatic heterocycles. The van der Waals surface area contributed by atoms with Crippen LogP contribution < -0.4 is 0 Å². The van der Waals surface area contributed by atoms with Gasteiger partial charge in [0.2, 0.25) is 0 Å². The molecule has 0 N–H and O–H groups in total. The fraction of sp³-hybridized carbons (Fsp3) is 1.00. The number of hydrogen-bond acceptors (Lipinski definition) is 2. The van der Waals surface area contributed by atoms with Gasteiger partial charge in [0.1, 0.15) is 0 Å². The van der Waals surface area contributed by atoms with Crippen LogP contribution in [0, 0.1) is 11.8 Å². The van der Waals surface area contributed by atoms with Crippen molar-refractivity contribution in [2.24, 2.45) is 11.8 Å². The topological polar surface area (TPSA) is 6.48 Å². The Morgan fingerprint density at radius 2 is 1.42 bits per heavy atom. The molecular weight excluding hydrogens is 232 g/mol. The van der Waals surface area contributed by atoms with Crippen LogP contribution in [0.25, 0.3) is 0 Å². The minimum atomic E-state index is 0.726. The van der Waals surface area contributed by atoms with Gasteiger partial charge in [0, 0.05) is 38.3 Å². The van der Waals surface area contributed by atoms with E-state index in [2.05, 4.69) is 37.5 Å². The molecule has 0 atom stereocenters. The number of nitrogens with zero attached hydrogens (tertiary/aromatic N) is 2. The fourth-order valence-corrected chi connectivity index (χ4v) is 4.03. The van der Waals surface area contributed by atoms with E-state index in [1.165, 1.54) is 58.3 Å². The second kappa shape index (κ2) is 7.08. The molecule has 1 saturated heterocycles. The zero-order valence-corrected chi connectivity index (χ0v) is 13.6. The van der Waals surface area contributed by atoms with Crippen molar-refractivity contribution in [3.63, 3.8) is 0 Å². The third kappa shape index (κ3) is 4.46. The number of rotatable bonds is 4. The molecule has 0 radical (unpaired) electrons. The van der Waals surface area contributed by atoms with E-state index in [9.17, 15) is 0 Å². The minimum Gasteiger partial charge on any atom is -0.298 e. The van der Waals surface area contributed by atoms with Crippen LogP contribution in [-0.4, -0.2) is 48.1 Å². The van der Waals surface area contributed by atoms with Crippen molar-refractivity contribution < 1.29 is 0 Å². The molecule has 0 aromatic carbocycles. The molecule has 1 heterocycles. The first-order valence-electron chi connectivity index (χ1n) is 8.54. The molecule has 2 aliphatic rings. The highest BCUT2D eigenvalue weighted by atomic mass is 15.3. The Morgan fingerprint density at radius 1 is 0.842 bits per heavy atom. The molecule has 0 spiro atoms. The molecular formula is C17H34N2. The Kier molecular flexibility index (Phi) is 5.70. The van der Waals surface area contributed by atoms with Crippen LogP contribution in [0.1, 0.15) is 59.8 Å². The summed E-state index contributed by atoms with van der Waals surface area (Å²) in [5.74, 6) is 1.91. The van der Waals surface area contributed by atoms with Crippen molar-refractivity contribution in [1.82, 2.24) is 9.80 Å². The average Bonchev–Trinajstić information content (AvgIpc) is 2.39. The third-order valence-electron chi connectivity index (χ3n) is 5.22. The van der Waals surface area contributed by atoms with Crippen LogP contribution in [-0.2, 0) is 0 Å². The highest BCUT2D eigenvalue weighted by molar-refractivity contribution is 4.84. The maximum atomic E-state index is 2.78. The average molecular weight is 266 g/mol. The third-order valence-corrected chi connectivity index (χ3v) is 5.22. The summed E-state index contributed by atoms with van der Waals surface area (Å²) >= 11 is 0. The van der Waals surface area contributed by atoms with Crippen LogP contribution in [0.5, 0.6) is 0 Å². The van der Waals surface area contributed by atoms with Crippen molar-refractivity contribution in [3.8, 4) is 0 Å². The molecule has 1 aliphatic carbocycles. The van der Waals surface area contributed by atoms with Crippen LogP contribution in [0.2, 0.25) is 0 Å². The molecule has 2 nitrogen and oxygen atoms in total. The molecule has 2 heteroatoms. The van der Waals surface area contributed by atoms with Gasteiger partial charge in [-0.05, 0) is 57.8 Å². The minimum absolute atomic E-state index is 0.726. The smallest absolute Gasteiger partial charge is 0.0113 e. The summed E-state index contributed by atoms with van der Waals surface area (Å²) < 4.78 is 0. The lowest BCUT2D eigenvalue weighted by atomic mass is 9.81. The van der Waals surface area contributed by atoms with Crippen molar-refractivity contribution in [2.45, 2.75) is 71.9 Å². The summed E-state index contributed by atoms with van der Waals surface area (Å²) in [6, 6.07) is 1.63. The first-order chi connectivity index (χ1) is 9.06. The summed E-state index contributed by atoms with van der Waals surface area (Å²) in [4.78, 5) is 5.41. The normalized spacial score (nSPS) is 31.3. The Balaban J connectivity index is 1.71. The van der Waals surface area contributed by atoms with Gasteiger partial charge in [0.15, 0.2) is 0 Å². The second-order valence-electron chi connectivity index (χ2n) is 7.47. The van der Waals surface area contributed by atoms with Gasteiger partial charge in [0.25, 0.3) is 0 Å². The van der Waals surface area contributed by atoms with Crippen molar-refractivity contribution >= 4 is 0 Å². The van der Waals surface area contributed by atoms with E-state index in [0.29, 0.717) is 0 Å². The molecule has 1 saturated carbocycles. The monoisotopic (exact) mass is 266 g/mol. The molecule has 2 fully saturated rings. The zero-order chi connectivity index (χ0) is 13.8. The summed E-state index contributed by atoms with van der Waals surface area (Å²) in [6.07, 6.45) is 7.33. The van der Waals surface area contributed by atoms with Gasteiger partial charge in [-0.25, -0.2) is 0 Å². The van der Waals surface area contributed by atoms with E-state index in [1.54, 1.807) is 0 Å². The quantitative estimate of drug-likeness (QED) is 0.767. The molecule has 112 valence electrons. The molecule has 0 bridgehead atoms. The van der Waals surface area contributed by atoms with E-state index >= 15 is 0 Å². The maximum absolute atomic E-state index is 2.78. The largest absolute Gasteiger partial charge is 0.298 e. The molecule has 0 amide bonds. The fourth-order valence-electron chi connectivity index (χ4n) is 4.03. The van der Waals surface area contributed by atoms with E-state index in [0.717, 1.165) is 23.9 Å². The van der Waals surface area contributed by atoms with Gasteiger partial charge < -0.3 is 0 Å². The van der Waals surface area contributed by atoms with Gasteiger partial charge in [-0.1, -0.05) is 13.8 Å². The standard InChI is InChI=1S/C17H34N2/c1-14(2)13-16-5-7-17(8-6-16)19-11-9-18(10-12-19)15(3)4/h14-17H,5-13H2,1-4H3/t16-,17+. The van der Waals surface area contributed by atoms with Gasteiger partial charge >= 0.3 is 0 Å². The summed E-state index contributed by atoms with van der Waals surface area (Å²) in [5.41, 5.74) is 0. The lowest BCUT2D eigenvalue weighted by Gasteiger charge is -2.43. The summed E-state index contributed by atoms with van der Waals surface area (Å²) in [6.45, 7) is 14.6. The van der Waals surface area contributed by atoms with Crippen molar-refractivity contribution in [3.05, 3.63) is 0 Å². The SMILES string of the molecule is CC(C)C[C@H]1CC[C@@H](N2CCN(C(C)C)CC2)CC1. The van der Waals surface area contributed by atoms with Gasteiger partial charge in [0.05, 0.1) is 0 Å². The Bertz CT molecular complexity index is 246.